The molecule has 0 radical (unpaired) electrons. The minimum absolute atomic E-state index is 0.0277. The van der Waals surface area contributed by atoms with E-state index in [4.69, 9.17) is 4.98 Å². The van der Waals surface area contributed by atoms with E-state index in [1.54, 1.807) is 11.5 Å². The van der Waals surface area contributed by atoms with Crippen molar-refractivity contribution in [3.05, 3.63) is 75.3 Å². The molecule has 0 aliphatic carbocycles. The lowest BCUT2D eigenvalue weighted by Gasteiger charge is -2.19. The van der Waals surface area contributed by atoms with Crippen LogP contribution in [0.5, 0.6) is 0 Å². The number of nitrogens with zero attached hydrogens (tertiary/aromatic N) is 3. The molecule has 1 saturated heterocycles. The normalized spacial score (nSPS) is 18.1. The van der Waals surface area contributed by atoms with Gasteiger partial charge in [-0.2, -0.15) is 0 Å². The number of aliphatic hydroxyl groups excluding tert-OH is 1. The van der Waals surface area contributed by atoms with Gasteiger partial charge in [0, 0.05) is 42.0 Å². The van der Waals surface area contributed by atoms with Crippen molar-refractivity contribution >= 4 is 21.7 Å². The van der Waals surface area contributed by atoms with Crippen molar-refractivity contribution in [2.45, 2.75) is 32.5 Å². The summed E-state index contributed by atoms with van der Waals surface area (Å²) in [6.07, 6.45) is 0.440. The van der Waals surface area contributed by atoms with Crippen molar-refractivity contribution in [3.8, 4) is 11.4 Å². The highest BCUT2D eigenvalue weighted by Crippen LogP contribution is 2.37. The fraction of sp³-hybridized carbons (Fsp3) is 0.280. The van der Waals surface area contributed by atoms with Gasteiger partial charge in [-0.3, -0.25) is 9.69 Å². The van der Waals surface area contributed by atoms with Crippen molar-refractivity contribution in [1.29, 1.82) is 0 Å². The van der Waals surface area contributed by atoms with Crippen LogP contribution in [0.2, 0.25) is 0 Å². The first-order valence-corrected chi connectivity index (χ1v) is 10.6. The first-order valence-electron chi connectivity index (χ1n) is 10.6. The maximum absolute atomic E-state index is 14.4. The SMILES string of the molecule is Cc1cc2c(CN3CC[C@H](O)C3)c3c(nc2cc1F)-c1cc2ccccc2c(=O)n1C3. The van der Waals surface area contributed by atoms with Gasteiger partial charge in [-0.15, -0.1) is 0 Å². The van der Waals surface area contributed by atoms with Crippen LogP contribution in [-0.4, -0.2) is 38.8 Å². The summed E-state index contributed by atoms with van der Waals surface area (Å²) < 4.78 is 16.2. The van der Waals surface area contributed by atoms with Crippen LogP contribution in [0.25, 0.3) is 33.1 Å². The number of likely N-dealkylation sites (tertiary alicyclic amines) is 1. The van der Waals surface area contributed by atoms with Crippen LogP contribution in [-0.2, 0) is 13.1 Å². The maximum atomic E-state index is 14.4. The molecule has 6 heteroatoms. The summed E-state index contributed by atoms with van der Waals surface area (Å²) >= 11 is 0. The van der Waals surface area contributed by atoms with E-state index in [0.717, 1.165) is 46.3 Å². The van der Waals surface area contributed by atoms with Crippen molar-refractivity contribution < 1.29 is 9.50 Å². The second-order valence-corrected chi connectivity index (χ2v) is 8.72. The molecular weight excluding hydrogens is 393 g/mol. The van der Waals surface area contributed by atoms with Crippen LogP contribution < -0.4 is 5.56 Å². The Kier molecular flexibility index (Phi) is 4.04. The Morgan fingerprint density at radius 2 is 2.03 bits per heavy atom. The van der Waals surface area contributed by atoms with Gasteiger partial charge in [0.1, 0.15) is 5.82 Å². The smallest absolute Gasteiger partial charge is 0.259 e. The third-order valence-electron chi connectivity index (χ3n) is 6.69. The van der Waals surface area contributed by atoms with Crippen molar-refractivity contribution in [3.63, 3.8) is 0 Å². The number of rotatable bonds is 2. The summed E-state index contributed by atoms with van der Waals surface area (Å²) in [6, 6.07) is 13.0. The number of aryl methyl sites for hydroxylation is 1. The Hall–Kier alpha value is -3.09. The van der Waals surface area contributed by atoms with Crippen LogP contribution >= 0.6 is 0 Å². The first-order chi connectivity index (χ1) is 15.0. The lowest BCUT2D eigenvalue weighted by atomic mass is 9.98. The summed E-state index contributed by atoms with van der Waals surface area (Å²) in [5.41, 5.74) is 4.79. The Labute approximate surface area is 178 Å². The molecule has 2 aliphatic heterocycles. The summed E-state index contributed by atoms with van der Waals surface area (Å²) in [5, 5.41) is 12.5. The highest BCUT2D eigenvalue weighted by atomic mass is 19.1. The number of pyridine rings is 2. The topological polar surface area (TPSA) is 58.4 Å². The maximum Gasteiger partial charge on any atom is 0.259 e. The summed E-state index contributed by atoms with van der Waals surface area (Å²) in [7, 11) is 0. The number of aromatic nitrogens is 2. The average molecular weight is 415 g/mol. The Morgan fingerprint density at radius 1 is 1.19 bits per heavy atom. The fourth-order valence-corrected chi connectivity index (χ4v) is 5.05. The number of hydrogen-bond acceptors (Lipinski definition) is 4. The highest BCUT2D eigenvalue weighted by Gasteiger charge is 2.29. The van der Waals surface area contributed by atoms with E-state index in [0.29, 0.717) is 36.1 Å². The molecule has 1 atom stereocenters. The first kappa shape index (κ1) is 18.7. The molecular formula is C25H22FN3O2. The Balaban J connectivity index is 1.62. The molecule has 0 amide bonds. The molecule has 6 rings (SSSR count). The van der Waals surface area contributed by atoms with Gasteiger partial charge in [0.2, 0.25) is 0 Å². The predicted octanol–water partition coefficient (Wildman–Crippen LogP) is 3.59. The fourth-order valence-electron chi connectivity index (χ4n) is 5.05. The van der Waals surface area contributed by atoms with Gasteiger partial charge in [-0.25, -0.2) is 9.37 Å². The monoisotopic (exact) mass is 415 g/mol. The van der Waals surface area contributed by atoms with E-state index in [-0.39, 0.29) is 17.5 Å². The number of halogens is 1. The molecule has 4 heterocycles. The lowest BCUT2D eigenvalue weighted by Crippen LogP contribution is -2.23. The van der Waals surface area contributed by atoms with Crippen LogP contribution in [0.4, 0.5) is 4.39 Å². The molecule has 156 valence electrons. The number of hydrogen-bond donors (Lipinski definition) is 1. The van der Waals surface area contributed by atoms with Crippen LogP contribution in [0.3, 0.4) is 0 Å². The quantitative estimate of drug-likeness (QED) is 0.479. The van der Waals surface area contributed by atoms with Crippen LogP contribution in [0, 0.1) is 12.7 Å². The van der Waals surface area contributed by atoms with Gasteiger partial charge >= 0.3 is 0 Å². The van der Waals surface area contributed by atoms with Gasteiger partial charge in [0.25, 0.3) is 5.56 Å². The standard InChI is InChI=1S/C25H22FN3O2/c1-14-8-18-19(12-28-7-6-16(30)11-28)20-13-29-23(24(20)27-22(18)10-21(14)26)9-15-4-2-3-5-17(15)25(29)31/h2-5,8-10,16,30H,6-7,11-13H2,1H3/t16-/m0/s1. The van der Waals surface area contributed by atoms with Crippen LogP contribution in [0.15, 0.2) is 47.3 Å². The van der Waals surface area contributed by atoms with Gasteiger partial charge in [-0.05, 0) is 48.1 Å². The molecule has 31 heavy (non-hydrogen) atoms. The molecule has 0 bridgehead atoms. The number of benzene rings is 2. The largest absolute Gasteiger partial charge is 0.392 e. The minimum Gasteiger partial charge on any atom is -0.392 e. The molecule has 2 aliphatic rings. The van der Waals surface area contributed by atoms with E-state index in [9.17, 15) is 14.3 Å². The number of β-amino-alcohol motifs (C(OH)–C–C–N with tert-alkyl or cyclic N) is 1. The van der Waals surface area contributed by atoms with Crippen molar-refractivity contribution in [2.75, 3.05) is 13.1 Å². The summed E-state index contributed by atoms with van der Waals surface area (Å²) in [4.78, 5) is 20.3. The average Bonchev–Trinajstić information content (AvgIpc) is 3.33. The molecule has 1 N–H and O–H groups in total. The minimum atomic E-state index is -0.314. The number of aliphatic hydroxyl groups is 1. The molecule has 1 fully saturated rings. The van der Waals surface area contributed by atoms with Gasteiger partial charge < -0.3 is 9.67 Å². The lowest BCUT2D eigenvalue weighted by molar-refractivity contribution is 0.175. The van der Waals surface area contributed by atoms with E-state index >= 15 is 0 Å². The highest BCUT2D eigenvalue weighted by molar-refractivity contribution is 5.91. The number of fused-ring (bicyclic) bond motifs is 5. The Morgan fingerprint density at radius 3 is 2.84 bits per heavy atom. The second-order valence-electron chi connectivity index (χ2n) is 8.72. The van der Waals surface area contributed by atoms with E-state index in [1.807, 2.05) is 36.4 Å². The van der Waals surface area contributed by atoms with Gasteiger partial charge in [0.15, 0.2) is 0 Å². The molecule has 0 spiro atoms. The third kappa shape index (κ3) is 2.82. The molecule has 2 aromatic heterocycles. The molecule has 2 aromatic carbocycles. The molecule has 4 aromatic rings. The second kappa shape index (κ2) is 6.70. The third-order valence-corrected chi connectivity index (χ3v) is 6.69. The molecule has 0 unspecified atom stereocenters. The summed E-state index contributed by atoms with van der Waals surface area (Å²) in [6.45, 7) is 4.30. The van der Waals surface area contributed by atoms with Gasteiger partial charge in [-0.1, -0.05) is 18.2 Å². The van der Waals surface area contributed by atoms with E-state index in [1.165, 1.54) is 6.07 Å². The predicted molar refractivity (Wildman–Crippen MR) is 119 cm³/mol. The molecule has 5 nitrogen and oxygen atoms in total. The zero-order valence-corrected chi connectivity index (χ0v) is 17.2. The van der Waals surface area contributed by atoms with E-state index in [2.05, 4.69) is 4.90 Å². The van der Waals surface area contributed by atoms with Crippen molar-refractivity contribution in [2.24, 2.45) is 0 Å². The Bertz CT molecular complexity index is 1440. The van der Waals surface area contributed by atoms with Gasteiger partial charge in [0.05, 0.1) is 29.6 Å². The zero-order chi connectivity index (χ0) is 21.3. The molecule has 0 saturated carbocycles. The van der Waals surface area contributed by atoms with Crippen LogP contribution in [0.1, 0.15) is 23.1 Å². The van der Waals surface area contributed by atoms with Crippen molar-refractivity contribution in [1.82, 2.24) is 14.5 Å². The summed E-state index contributed by atoms with van der Waals surface area (Å²) in [5.74, 6) is -0.281. The van der Waals surface area contributed by atoms with E-state index < -0.39 is 0 Å². The zero-order valence-electron chi connectivity index (χ0n) is 17.2.